The van der Waals surface area contributed by atoms with Gasteiger partial charge in [0, 0.05) is 18.7 Å². The van der Waals surface area contributed by atoms with E-state index in [1.807, 2.05) is 0 Å². The Morgan fingerprint density at radius 3 is 1.81 bits per heavy atom. The smallest absolute Gasteiger partial charge is 0.417 e. The topological polar surface area (TPSA) is 41.5 Å². The van der Waals surface area contributed by atoms with Crippen LogP contribution in [0.4, 0.5) is 13.2 Å². The fourth-order valence-corrected chi connectivity index (χ4v) is 3.28. The molecule has 0 bridgehead atoms. The molecule has 32 heavy (non-hydrogen) atoms. The number of alkyl halides is 3. The van der Waals surface area contributed by atoms with Crippen LogP contribution in [0.1, 0.15) is 16.7 Å². The van der Waals surface area contributed by atoms with Crippen molar-refractivity contribution < 1.29 is 23.0 Å². The van der Waals surface area contributed by atoms with Crippen LogP contribution >= 0.6 is 12.4 Å². The third-order valence-electron chi connectivity index (χ3n) is 4.64. The summed E-state index contributed by atoms with van der Waals surface area (Å²) in [6, 6.07) is 23.1. The number of halogens is 4. The minimum absolute atomic E-state index is 0. The Hall–Kier alpha value is -2.80. The lowest BCUT2D eigenvalue weighted by molar-refractivity contribution is -0.0685. The zero-order valence-electron chi connectivity index (χ0n) is 17.3. The minimum atomic E-state index is -4.54. The van der Waals surface area contributed by atoms with E-state index in [9.17, 15) is 13.2 Å². The van der Waals surface area contributed by atoms with Crippen LogP contribution in [-0.2, 0) is 0 Å². The molecule has 3 rings (SSSR count). The van der Waals surface area contributed by atoms with Gasteiger partial charge in [-0.25, -0.2) is 0 Å². The van der Waals surface area contributed by atoms with E-state index in [1.165, 1.54) is 12.1 Å². The van der Waals surface area contributed by atoms with Crippen LogP contribution in [0.25, 0.3) is 11.1 Å². The molecule has 0 amide bonds. The number of ether oxygens (including phenoxy) is 1. The highest BCUT2D eigenvalue weighted by molar-refractivity contribution is 6.00. The molecule has 0 spiro atoms. The number of rotatable bonds is 9. The molecular formula is C25H25ClF3NO2. The fraction of sp³-hybridized carbons (Fsp3) is 0.200. The van der Waals surface area contributed by atoms with Gasteiger partial charge in [-0.3, -0.25) is 0 Å². The molecule has 7 heteroatoms. The largest absolute Gasteiger partial charge is 0.492 e. The van der Waals surface area contributed by atoms with Crippen molar-refractivity contribution >= 4 is 23.6 Å². The summed E-state index contributed by atoms with van der Waals surface area (Å²) < 4.78 is 48.4. The van der Waals surface area contributed by atoms with Crippen molar-refractivity contribution in [1.82, 2.24) is 5.32 Å². The third-order valence-corrected chi connectivity index (χ3v) is 4.64. The molecule has 0 aliphatic carbocycles. The zero-order chi connectivity index (χ0) is 22.1. The van der Waals surface area contributed by atoms with Crippen molar-refractivity contribution in [3.05, 3.63) is 102 Å². The van der Waals surface area contributed by atoms with E-state index in [2.05, 4.69) is 5.32 Å². The Bertz CT molecular complexity index is 976. The molecule has 0 unspecified atom stereocenters. The molecule has 3 nitrogen and oxygen atoms in total. The molecule has 2 N–H and O–H groups in total. The number of aliphatic hydroxyl groups is 1. The quantitative estimate of drug-likeness (QED) is 0.321. The predicted molar refractivity (Wildman–Crippen MR) is 124 cm³/mol. The molecule has 0 aromatic heterocycles. The molecule has 0 saturated heterocycles. The van der Waals surface area contributed by atoms with Crippen LogP contribution in [0.3, 0.4) is 0 Å². The van der Waals surface area contributed by atoms with Gasteiger partial charge in [0.25, 0.3) is 0 Å². The van der Waals surface area contributed by atoms with Gasteiger partial charge in [-0.05, 0) is 28.8 Å². The number of benzene rings is 3. The van der Waals surface area contributed by atoms with Gasteiger partial charge < -0.3 is 15.2 Å². The highest BCUT2D eigenvalue weighted by Gasteiger charge is 2.38. The first-order valence-electron chi connectivity index (χ1n) is 9.98. The average molecular weight is 464 g/mol. The second-order valence-electron chi connectivity index (χ2n) is 6.83. The van der Waals surface area contributed by atoms with Gasteiger partial charge in [-0.1, -0.05) is 72.8 Å². The van der Waals surface area contributed by atoms with Crippen LogP contribution in [0.15, 0.2) is 84.9 Å². The summed E-state index contributed by atoms with van der Waals surface area (Å²) in [6.07, 6.45) is -4.54. The number of nitrogens with one attached hydrogen (secondary N) is 1. The van der Waals surface area contributed by atoms with Crippen molar-refractivity contribution in [2.24, 2.45) is 0 Å². The van der Waals surface area contributed by atoms with Gasteiger partial charge in [0.2, 0.25) is 0 Å². The molecule has 170 valence electrons. The molecule has 3 aromatic rings. The van der Waals surface area contributed by atoms with E-state index in [4.69, 9.17) is 9.84 Å². The van der Waals surface area contributed by atoms with Crippen LogP contribution in [0, 0.1) is 0 Å². The molecule has 3 aromatic carbocycles. The summed E-state index contributed by atoms with van der Waals surface area (Å²) in [7, 11) is 0. The lowest BCUT2D eigenvalue weighted by atomic mass is 9.89. The zero-order valence-corrected chi connectivity index (χ0v) is 18.1. The van der Waals surface area contributed by atoms with Crippen LogP contribution in [-0.4, -0.2) is 37.6 Å². The number of hydrogen-bond donors (Lipinski definition) is 2. The summed E-state index contributed by atoms with van der Waals surface area (Å²) in [5.74, 6) is 0.565. The van der Waals surface area contributed by atoms with E-state index in [1.54, 1.807) is 72.8 Å². The van der Waals surface area contributed by atoms with E-state index >= 15 is 0 Å². The van der Waals surface area contributed by atoms with Crippen LogP contribution in [0.5, 0.6) is 5.75 Å². The molecule has 0 aliphatic rings. The van der Waals surface area contributed by atoms with Gasteiger partial charge in [-0.15, -0.1) is 12.4 Å². The Kier molecular flexibility index (Phi) is 9.78. The third kappa shape index (κ3) is 6.85. The molecule has 0 saturated carbocycles. The molecule has 0 aliphatic heterocycles. The van der Waals surface area contributed by atoms with Crippen molar-refractivity contribution in [3.63, 3.8) is 0 Å². The first-order valence-corrected chi connectivity index (χ1v) is 9.98. The Balaban J connectivity index is 0.00000363. The van der Waals surface area contributed by atoms with Crippen molar-refractivity contribution in [1.29, 1.82) is 0 Å². The second kappa shape index (κ2) is 12.3. The summed E-state index contributed by atoms with van der Waals surface area (Å²) >= 11 is 0. The van der Waals surface area contributed by atoms with Gasteiger partial charge in [0.05, 0.1) is 12.2 Å². The number of hydrogen-bond acceptors (Lipinski definition) is 3. The number of aliphatic hydroxyl groups excluding tert-OH is 1. The first kappa shape index (κ1) is 25.5. The van der Waals surface area contributed by atoms with Crippen molar-refractivity contribution in [2.75, 3.05) is 26.3 Å². The summed E-state index contributed by atoms with van der Waals surface area (Å²) in [5, 5.41) is 11.8. The Labute approximate surface area is 192 Å². The Morgan fingerprint density at radius 1 is 0.750 bits per heavy atom. The van der Waals surface area contributed by atoms with Gasteiger partial charge in [-0.2, -0.15) is 13.2 Å². The lowest BCUT2D eigenvalue weighted by Crippen LogP contribution is -2.23. The lowest BCUT2D eigenvalue weighted by Gasteiger charge is -2.20. The fourth-order valence-electron chi connectivity index (χ4n) is 3.28. The minimum Gasteiger partial charge on any atom is -0.492 e. The first-order chi connectivity index (χ1) is 15.0. The highest BCUT2D eigenvalue weighted by atomic mass is 35.5. The van der Waals surface area contributed by atoms with E-state index in [0.717, 1.165) is 0 Å². The van der Waals surface area contributed by atoms with Crippen LogP contribution in [0.2, 0.25) is 0 Å². The van der Waals surface area contributed by atoms with Crippen molar-refractivity contribution in [2.45, 2.75) is 6.18 Å². The standard InChI is InChI=1S/C25H24F3NO2.ClH/c26-25(27,28)24(21-9-5-2-6-10-21)23(19-7-3-1-4-8-19)20-11-13-22(14-12-20)31-18-16-29-15-17-30;/h1-14,29-30H,15-18H2;1H/b24-23-;. The molecular weight excluding hydrogens is 439 g/mol. The summed E-state index contributed by atoms with van der Waals surface area (Å²) in [5.41, 5.74) is 0.495. The number of allylic oxidation sites excluding steroid dienone is 1. The molecule has 0 atom stereocenters. The monoisotopic (exact) mass is 463 g/mol. The maximum Gasteiger partial charge on any atom is 0.417 e. The Morgan fingerprint density at radius 2 is 1.28 bits per heavy atom. The SMILES string of the molecule is Cl.OCCNCCOc1ccc(/C(=C(/c2ccccc2)C(F)(F)F)c2ccccc2)cc1. The van der Waals surface area contributed by atoms with Crippen LogP contribution < -0.4 is 10.1 Å². The average Bonchev–Trinajstić information content (AvgIpc) is 2.78. The van der Waals surface area contributed by atoms with Gasteiger partial charge in [0.15, 0.2) is 0 Å². The maximum atomic E-state index is 14.3. The molecule has 0 heterocycles. The van der Waals surface area contributed by atoms with Gasteiger partial charge in [0.1, 0.15) is 12.4 Å². The molecule has 0 fully saturated rings. The predicted octanol–water partition coefficient (Wildman–Crippen LogP) is 5.59. The summed E-state index contributed by atoms with van der Waals surface area (Å²) in [6.45, 7) is 1.47. The van der Waals surface area contributed by atoms with E-state index < -0.39 is 11.7 Å². The normalized spacial score (nSPS) is 12.0. The van der Waals surface area contributed by atoms with E-state index in [-0.39, 0.29) is 30.2 Å². The molecule has 0 radical (unpaired) electrons. The summed E-state index contributed by atoms with van der Waals surface area (Å²) in [4.78, 5) is 0. The van der Waals surface area contributed by atoms with Crippen molar-refractivity contribution in [3.8, 4) is 5.75 Å². The van der Waals surface area contributed by atoms with Gasteiger partial charge >= 0.3 is 6.18 Å². The second-order valence-corrected chi connectivity index (χ2v) is 6.83. The highest BCUT2D eigenvalue weighted by Crippen LogP contribution is 2.42. The maximum absolute atomic E-state index is 14.3. The van der Waals surface area contributed by atoms with E-state index in [0.29, 0.717) is 36.6 Å².